The van der Waals surface area contributed by atoms with Gasteiger partial charge in [0.25, 0.3) is 0 Å². The SMILES string of the molecule is CCNCc1cc(S(=O)(=O)NCCCC2CC2)c[nH]1. The van der Waals surface area contributed by atoms with Crippen molar-refractivity contribution in [2.75, 3.05) is 13.1 Å². The molecule has 6 heteroatoms. The summed E-state index contributed by atoms with van der Waals surface area (Å²) in [6.45, 7) is 4.07. The molecule has 108 valence electrons. The maximum Gasteiger partial charge on any atom is 0.242 e. The lowest BCUT2D eigenvalue weighted by atomic mass is 10.2. The summed E-state index contributed by atoms with van der Waals surface area (Å²) in [7, 11) is -3.35. The van der Waals surface area contributed by atoms with E-state index in [1.54, 1.807) is 12.3 Å². The summed E-state index contributed by atoms with van der Waals surface area (Å²) in [4.78, 5) is 3.31. The van der Waals surface area contributed by atoms with Crippen LogP contribution in [0.5, 0.6) is 0 Å². The van der Waals surface area contributed by atoms with E-state index in [9.17, 15) is 8.42 Å². The fourth-order valence-corrected chi connectivity index (χ4v) is 3.11. The van der Waals surface area contributed by atoms with Crippen molar-refractivity contribution in [3.8, 4) is 0 Å². The minimum absolute atomic E-state index is 0.326. The van der Waals surface area contributed by atoms with Crippen LogP contribution in [0.3, 0.4) is 0 Å². The maximum atomic E-state index is 12.0. The standard InChI is InChI=1S/C13H23N3O2S/c1-2-14-9-12-8-13(10-15-12)19(17,18)16-7-3-4-11-5-6-11/h8,10-11,14-16H,2-7,9H2,1H3. The summed E-state index contributed by atoms with van der Waals surface area (Å²) in [5.74, 6) is 0.850. The zero-order chi connectivity index (χ0) is 13.7. The highest BCUT2D eigenvalue weighted by Crippen LogP contribution is 2.33. The van der Waals surface area contributed by atoms with Crippen molar-refractivity contribution < 1.29 is 8.42 Å². The molecule has 5 nitrogen and oxygen atoms in total. The Hall–Kier alpha value is -0.850. The van der Waals surface area contributed by atoms with Crippen LogP contribution < -0.4 is 10.0 Å². The molecule has 0 radical (unpaired) electrons. The molecule has 1 heterocycles. The van der Waals surface area contributed by atoms with Crippen LogP contribution in [0.2, 0.25) is 0 Å². The topological polar surface area (TPSA) is 74.0 Å². The largest absolute Gasteiger partial charge is 0.363 e. The monoisotopic (exact) mass is 285 g/mol. The van der Waals surface area contributed by atoms with Crippen LogP contribution in [0.1, 0.15) is 38.3 Å². The first kappa shape index (κ1) is 14.6. The van der Waals surface area contributed by atoms with Crippen molar-refractivity contribution in [2.45, 2.75) is 44.0 Å². The molecule has 0 spiro atoms. The molecule has 19 heavy (non-hydrogen) atoms. The third-order valence-electron chi connectivity index (χ3n) is 3.37. The van der Waals surface area contributed by atoms with Crippen molar-refractivity contribution in [2.24, 2.45) is 5.92 Å². The van der Waals surface area contributed by atoms with Crippen molar-refractivity contribution >= 4 is 10.0 Å². The van der Waals surface area contributed by atoms with Crippen LogP contribution in [0.15, 0.2) is 17.2 Å². The average molecular weight is 285 g/mol. The third-order valence-corrected chi connectivity index (χ3v) is 4.81. The van der Waals surface area contributed by atoms with E-state index in [1.807, 2.05) is 6.92 Å². The van der Waals surface area contributed by atoms with Gasteiger partial charge in [0.1, 0.15) is 0 Å². The second kappa shape index (κ2) is 6.54. The van der Waals surface area contributed by atoms with Gasteiger partial charge in [-0.25, -0.2) is 13.1 Å². The average Bonchev–Trinajstić information content (AvgIpc) is 3.08. The van der Waals surface area contributed by atoms with Gasteiger partial charge in [-0.05, 0) is 31.4 Å². The molecule has 1 fully saturated rings. The summed E-state index contributed by atoms with van der Waals surface area (Å²) in [6, 6.07) is 1.69. The van der Waals surface area contributed by atoms with Crippen LogP contribution in [0.4, 0.5) is 0 Å². The Morgan fingerprint density at radius 3 is 2.89 bits per heavy atom. The van der Waals surface area contributed by atoms with Crippen LogP contribution in [0.25, 0.3) is 0 Å². The number of sulfonamides is 1. The predicted octanol–water partition coefficient (Wildman–Crippen LogP) is 1.59. The Labute approximate surface area is 115 Å². The predicted molar refractivity (Wildman–Crippen MR) is 75.3 cm³/mol. The first-order chi connectivity index (χ1) is 9.12. The van der Waals surface area contributed by atoms with Crippen molar-refractivity contribution in [1.82, 2.24) is 15.0 Å². The molecular formula is C13H23N3O2S. The molecule has 2 rings (SSSR count). The van der Waals surface area contributed by atoms with Gasteiger partial charge < -0.3 is 10.3 Å². The Kier molecular flexibility index (Phi) is 5.01. The lowest BCUT2D eigenvalue weighted by Gasteiger charge is -2.04. The molecule has 0 aromatic carbocycles. The highest BCUT2D eigenvalue weighted by atomic mass is 32.2. The van der Waals surface area contributed by atoms with Gasteiger partial charge in [0.05, 0.1) is 4.90 Å². The van der Waals surface area contributed by atoms with Gasteiger partial charge >= 0.3 is 0 Å². The second-order valence-electron chi connectivity index (χ2n) is 5.12. The first-order valence-electron chi connectivity index (χ1n) is 6.99. The molecule has 1 aliphatic carbocycles. The van der Waals surface area contributed by atoms with Crippen molar-refractivity contribution in [3.63, 3.8) is 0 Å². The van der Waals surface area contributed by atoms with Crippen LogP contribution >= 0.6 is 0 Å². The molecule has 1 saturated carbocycles. The second-order valence-corrected chi connectivity index (χ2v) is 6.89. The number of aromatic nitrogens is 1. The summed E-state index contributed by atoms with van der Waals surface area (Å²) >= 11 is 0. The molecule has 0 bridgehead atoms. The smallest absolute Gasteiger partial charge is 0.242 e. The summed E-state index contributed by atoms with van der Waals surface area (Å²) in [5.41, 5.74) is 0.889. The van der Waals surface area contributed by atoms with Crippen LogP contribution in [-0.2, 0) is 16.6 Å². The number of nitrogens with one attached hydrogen (secondary N) is 3. The minimum Gasteiger partial charge on any atom is -0.363 e. The van der Waals surface area contributed by atoms with Crippen molar-refractivity contribution in [1.29, 1.82) is 0 Å². The van der Waals surface area contributed by atoms with Gasteiger partial charge in [-0.2, -0.15) is 0 Å². The maximum absolute atomic E-state index is 12.0. The van der Waals surface area contributed by atoms with Gasteiger partial charge in [0.2, 0.25) is 10.0 Å². The quantitative estimate of drug-likeness (QED) is 0.603. The fraction of sp³-hybridized carbons (Fsp3) is 0.692. The Morgan fingerprint density at radius 2 is 2.21 bits per heavy atom. The number of aromatic amines is 1. The zero-order valence-electron chi connectivity index (χ0n) is 11.4. The molecule has 0 atom stereocenters. The van der Waals surface area contributed by atoms with E-state index in [0.29, 0.717) is 18.0 Å². The highest BCUT2D eigenvalue weighted by molar-refractivity contribution is 7.89. The van der Waals surface area contributed by atoms with E-state index >= 15 is 0 Å². The lowest BCUT2D eigenvalue weighted by molar-refractivity contribution is 0.572. The van der Waals surface area contributed by atoms with E-state index in [-0.39, 0.29) is 0 Å². The van der Waals surface area contributed by atoms with Crippen molar-refractivity contribution in [3.05, 3.63) is 18.0 Å². The minimum atomic E-state index is -3.35. The molecule has 0 aliphatic heterocycles. The third kappa shape index (κ3) is 4.63. The Bertz CT molecular complexity index is 492. The van der Waals surface area contributed by atoms with E-state index in [2.05, 4.69) is 15.0 Å². The lowest BCUT2D eigenvalue weighted by Crippen LogP contribution is -2.24. The van der Waals surface area contributed by atoms with Crippen LogP contribution in [0, 0.1) is 5.92 Å². The number of hydrogen-bond donors (Lipinski definition) is 3. The fourth-order valence-electron chi connectivity index (χ4n) is 2.02. The van der Waals surface area contributed by atoms with Gasteiger partial charge in [-0.3, -0.25) is 0 Å². The highest BCUT2D eigenvalue weighted by Gasteiger charge is 2.21. The molecule has 1 aliphatic rings. The number of hydrogen-bond acceptors (Lipinski definition) is 3. The molecule has 1 aromatic rings. The number of rotatable bonds is 9. The first-order valence-corrected chi connectivity index (χ1v) is 8.48. The molecule has 0 amide bonds. The molecule has 1 aromatic heterocycles. The van der Waals surface area contributed by atoms with Gasteiger partial charge in [-0.1, -0.05) is 19.8 Å². The Morgan fingerprint density at radius 1 is 1.42 bits per heavy atom. The number of H-pyrrole nitrogens is 1. The summed E-state index contributed by atoms with van der Waals surface area (Å²) in [5, 5.41) is 3.15. The van der Waals surface area contributed by atoms with E-state index in [4.69, 9.17) is 0 Å². The van der Waals surface area contributed by atoms with Gasteiger partial charge in [-0.15, -0.1) is 0 Å². The zero-order valence-corrected chi connectivity index (χ0v) is 12.2. The molecular weight excluding hydrogens is 262 g/mol. The molecule has 0 saturated heterocycles. The molecule has 0 unspecified atom stereocenters. The van der Waals surface area contributed by atoms with E-state index in [1.165, 1.54) is 12.8 Å². The summed E-state index contributed by atoms with van der Waals surface area (Å²) < 4.78 is 26.7. The molecule has 3 N–H and O–H groups in total. The van der Waals surface area contributed by atoms with Crippen LogP contribution in [-0.4, -0.2) is 26.5 Å². The normalized spacial score (nSPS) is 15.8. The van der Waals surface area contributed by atoms with Gasteiger partial charge in [0.15, 0.2) is 0 Å². The summed E-state index contributed by atoms with van der Waals surface area (Å²) in [6.07, 6.45) is 6.26. The van der Waals surface area contributed by atoms with Gasteiger partial charge in [0, 0.05) is 25.0 Å². The Balaban J connectivity index is 1.81. The van der Waals surface area contributed by atoms with E-state index < -0.39 is 10.0 Å². The van der Waals surface area contributed by atoms with E-state index in [0.717, 1.165) is 31.0 Å².